The van der Waals surface area contributed by atoms with Gasteiger partial charge in [-0.05, 0) is 74.7 Å². The van der Waals surface area contributed by atoms with Crippen molar-refractivity contribution in [3.63, 3.8) is 0 Å². The van der Waals surface area contributed by atoms with E-state index in [-0.39, 0.29) is 28.4 Å². The molecule has 3 fully saturated rings. The van der Waals surface area contributed by atoms with E-state index in [0.29, 0.717) is 35.0 Å². The zero-order chi connectivity index (χ0) is 18.9. The van der Waals surface area contributed by atoms with Crippen LogP contribution in [0, 0.1) is 40.4 Å². The van der Waals surface area contributed by atoms with Crippen LogP contribution >= 0.6 is 11.6 Å². The van der Waals surface area contributed by atoms with Crippen LogP contribution < -0.4 is 0 Å². The van der Waals surface area contributed by atoms with Gasteiger partial charge >= 0.3 is 0 Å². The second-order valence-electron chi connectivity index (χ2n) is 9.82. The predicted octanol–water partition coefficient (Wildman–Crippen LogP) is 5.70. The summed E-state index contributed by atoms with van der Waals surface area (Å²) in [6.07, 6.45) is 9.10. The number of hydrogen-bond donors (Lipinski definition) is 0. The fraction of sp³-hybridized carbons (Fsp3) is 0.739. The third-order valence-electron chi connectivity index (χ3n) is 8.98. The highest BCUT2D eigenvalue weighted by molar-refractivity contribution is 6.29. The summed E-state index contributed by atoms with van der Waals surface area (Å²) in [5.74, 6) is 2.72. The first-order valence-electron chi connectivity index (χ1n) is 10.3. The number of allylic oxidation sites excluding steroid dienone is 2. The Labute approximate surface area is 162 Å². The molecule has 4 aliphatic rings. The molecule has 4 rings (SSSR count). The zero-order valence-corrected chi connectivity index (χ0v) is 17.1. The van der Waals surface area contributed by atoms with Crippen molar-refractivity contribution in [3.05, 3.63) is 23.3 Å². The Balaban J connectivity index is 1.73. The number of Topliss-reactive ketones (excluding diaryl/α,β-unsaturated/α-hetero) is 1. The highest BCUT2D eigenvalue weighted by Crippen LogP contribution is 2.68. The molecule has 0 bridgehead atoms. The predicted molar refractivity (Wildman–Crippen MR) is 105 cm³/mol. The van der Waals surface area contributed by atoms with Gasteiger partial charge in [0.05, 0.1) is 0 Å². The smallest absolute Gasteiger partial charge is 0.156 e. The second-order valence-corrected chi connectivity index (χ2v) is 10.3. The van der Waals surface area contributed by atoms with Crippen LogP contribution in [0.4, 0.5) is 0 Å². The van der Waals surface area contributed by atoms with Gasteiger partial charge in [0, 0.05) is 28.7 Å². The summed E-state index contributed by atoms with van der Waals surface area (Å²) in [5.41, 5.74) is 1.44. The van der Waals surface area contributed by atoms with Gasteiger partial charge in [-0.2, -0.15) is 0 Å². The molecular weight excluding hydrogens is 344 g/mol. The Morgan fingerprint density at radius 3 is 2.54 bits per heavy atom. The van der Waals surface area contributed by atoms with Gasteiger partial charge in [-0.1, -0.05) is 37.6 Å². The summed E-state index contributed by atoms with van der Waals surface area (Å²) in [6.45, 7) is 10.6. The molecule has 1 unspecified atom stereocenters. The van der Waals surface area contributed by atoms with Crippen molar-refractivity contribution < 1.29 is 9.59 Å². The van der Waals surface area contributed by atoms with Gasteiger partial charge in [0.1, 0.15) is 5.78 Å². The van der Waals surface area contributed by atoms with Gasteiger partial charge in [-0.25, -0.2) is 0 Å². The summed E-state index contributed by atoms with van der Waals surface area (Å²) in [4.78, 5) is 24.5. The van der Waals surface area contributed by atoms with Gasteiger partial charge in [0.2, 0.25) is 0 Å². The molecule has 2 nitrogen and oxygen atoms in total. The van der Waals surface area contributed by atoms with Crippen LogP contribution in [0.2, 0.25) is 0 Å². The number of halogens is 1. The van der Waals surface area contributed by atoms with Gasteiger partial charge in [-0.3, -0.25) is 9.59 Å². The van der Waals surface area contributed by atoms with E-state index in [1.54, 1.807) is 6.92 Å². The minimum atomic E-state index is -0.0364. The minimum Gasteiger partial charge on any atom is -0.300 e. The molecule has 26 heavy (non-hydrogen) atoms. The van der Waals surface area contributed by atoms with Crippen LogP contribution in [0.5, 0.6) is 0 Å². The van der Waals surface area contributed by atoms with E-state index in [4.69, 9.17) is 11.6 Å². The van der Waals surface area contributed by atoms with E-state index in [1.165, 1.54) is 12.0 Å². The van der Waals surface area contributed by atoms with E-state index < -0.39 is 0 Å². The second kappa shape index (κ2) is 6.06. The average Bonchev–Trinajstić information content (AvgIpc) is 2.92. The van der Waals surface area contributed by atoms with Crippen LogP contribution in [-0.2, 0) is 9.59 Å². The van der Waals surface area contributed by atoms with Crippen LogP contribution in [-0.4, -0.2) is 11.6 Å². The number of carbonyl (C=O) groups is 2. The molecule has 0 aromatic carbocycles. The number of fused-ring (bicyclic) bond motifs is 5. The van der Waals surface area contributed by atoms with Crippen LogP contribution in [0.15, 0.2) is 23.3 Å². The van der Waals surface area contributed by atoms with Crippen molar-refractivity contribution in [2.45, 2.75) is 65.7 Å². The van der Waals surface area contributed by atoms with Crippen LogP contribution in [0.25, 0.3) is 0 Å². The molecule has 3 heteroatoms. The maximum absolute atomic E-state index is 12.3. The molecule has 0 aliphatic heterocycles. The molecule has 4 aliphatic carbocycles. The quantitative estimate of drug-likeness (QED) is 0.621. The van der Waals surface area contributed by atoms with Gasteiger partial charge < -0.3 is 0 Å². The fourth-order valence-corrected chi connectivity index (χ4v) is 8.05. The lowest BCUT2D eigenvalue weighted by atomic mass is 9.44. The summed E-state index contributed by atoms with van der Waals surface area (Å²) in [6, 6.07) is 0. The summed E-state index contributed by atoms with van der Waals surface area (Å²) in [5, 5.41) is 0.647. The van der Waals surface area contributed by atoms with Gasteiger partial charge in [0.15, 0.2) is 5.78 Å². The van der Waals surface area contributed by atoms with Crippen molar-refractivity contribution in [1.29, 1.82) is 0 Å². The number of rotatable bonds is 2. The first kappa shape index (κ1) is 18.5. The molecule has 3 saturated carbocycles. The molecule has 142 valence electrons. The molecule has 7 atom stereocenters. The van der Waals surface area contributed by atoms with Crippen molar-refractivity contribution in [3.8, 4) is 0 Å². The monoisotopic (exact) mass is 374 g/mol. The highest BCUT2D eigenvalue weighted by Gasteiger charge is 2.61. The van der Waals surface area contributed by atoms with E-state index >= 15 is 0 Å². The largest absolute Gasteiger partial charge is 0.300 e. The zero-order valence-electron chi connectivity index (χ0n) is 16.3. The maximum atomic E-state index is 12.3. The molecule has 0 saturated heterocycles. The van der Waals surface area contributed by atoms with Crippen molar-refractivity contribution in [1.82, 2.24) is 0 Å². The van der Waals surface area contributed by atoms with Crippen LogP contribution in [0.3, 0.4) is 0 Å². The lowest BCUT2D eigenvalue weighted by molar-refractivity contribution is -0.129. The summed E-state index contributed by atoms with van der Waals surface area (Å²) >= 11 is 6.45. The Morgan fingerprint density at radius 2 is 1.88 bits per heavy atom. The summed E-state index contributed by atoms with van der Waals surface area (Å²) in [7, 11) is 0. The average molecular weight is 375 g/mol. The summed E-state index contributed by atoms with van der Waals surface area (Å²) < 4.78 is 0. The maximum Gasteiger partial charge on any atom is 0.156 e. The SMILES string of the molecule is C=C(Cl)C1CC(=O)C=C2CC[C@H]3[C@@H]4CC[C@H](C(C)=O)[C@@]4(C)CC[C@@H]3[C@]21C. The van der Waals surface area contributed by atoms with E-state index in [1.807, 2.05) is 6.08 Å². The lowest BCUT2D eigenvalue weighted by Crippen LogP contribution is -2.53. The molecule has 0 aromatic heterocycles. The number of ketones is 2. The molecule has 0 radical (unpaired) electrons. The standard InChI is InChI=1S/C23H31ClO2/c1-13(24)21-12-16(26)11-15-5-6-17-19-8-7-18(14(2)25)22(19,3)10-9-20(17)23(15,21)4/h11,17-21H,1,5-10,12H2,2-4H3/t17-,18+,19-,20-,21?,22+,23-/m0/s1. The third-order valence-corrected chi connectivity index (χ3v) is 9.24. The molecule has 0 heterocycles. The number of carbonyl (C=O) groups excluding carboxylic acids is 2. The van der Waals surface area contributed by atoms with E-state index in [0.717, 1.165) is 32.1 Å². The molecule has 0 N–H and O–H groups in total. The Morgan fingerprint density at radius 1 is 1.15 bits per heavy atom. The first-order chi connectivity index (χ1) is 12.2. The van der Waals surface area contributed by atoms with E-state index in [9.17, 15) is 9.59 Å². The van der Waals surface area contributed by atoms with Crippen LogP contribution in [0.1, 0.15) is 65.7 Å². The Bertz CT molecular complexity index is 707. The lowest BCUT2D eigenvalue weighted by Gasteiger charge is -2.60. The molecule has 0 aromatic rings. The fourth-order valence-electron chi connectivity index (χ4n) is 7.74. The number of hydrogen-bond acceptors (Lipinski definition) is 2. The first-order valence-corrected chi connectivity index (χ1v) is 10.7. The topological polar surface area (TPSA) is 34.1 Å². The van der Waals surface area contributed by atoms with Crippen molar-refractivity contribution in [2.75, 3.05) is 0 Å². The van der Waals surface area contributed by atoms with Crippen molar-refractivity contribution >= 4 is 23.2 Å². The molecule has 0 spiro atoms. The van der Waals surface area contributed by atoms with Gasteiger partial charge in [-0.15, -0.1) is 0 Å². The van der Waals surface area contributed by atoms with Crippen molar-refractivity contribution in [2.24, 2.45) is 40.4 Å². The normalized spacial score (nSPS) is 47.5. The van der Waals surface area contributed by atoms with Gasteiger partial charge in [0.25, 0.3) is 0 Å². The molecule has 0 amide bonds. The third kappa shape index (κ3) is 2.37. The highest BCUT2D eigenvalue weighted by atomic mass is 35.5. The molecular formula is C23H31ClO2. The van der Waals surface area contributed by atoms with E-state index in [2.05, 4.69) is 20.4 Å². The Kier molecular flexibility index (Phi) is 4.30. The minimum absolute atomic E-state index is 0.0364. The Hall–Kier alpha value is -0.890.